The third-order valence-electron chi connectivity index (χ3n) is 1.82. The van der Waals surface area contributed by atoms with Crippen molar-refractivity contribution in [2.24, 2.45) is 11.1 Å². The molecule has 0 spiro atoms. The van der Waals surface area contributed by atoms with Gasteiger partial charge < -0.3 is 4.74 Å². The molecular formula is C7H12ClNO4S. The first-order valence-electron chi connectivity index (χ1n) is 4.19. The molecule has 0 aromatic rings. The van der Waals surface area contributed by atoms with Crippen LogP contribution in [0.15, 0.2) is 5.16 Å². The Kier molecular flexibility index (Phi) is 4.15. The fourth-order valence-electron chi connectivity index (χ4n) is 1.11. The van der Waals surface area contributed by atoms with Gasteiger partial charge in [-0.15, -0.1) is 0 Å². The summed E-state index contributed by atoms with van der Waals surface area (Å²) >= 11 is 5.77. The lowest BCUT2D eigenvalue weighted by molar-refractivity contribution is 0.0828. The Hall–Kier alpha value is -0.330. The number of hydrogen-bond donors (Lipinski definition) is 0. The SMILES string of the molecule is CS(=O)(=O)O/N=C(\Cl)C1CCOCC1. The van der Waals surface area contributed by atoms with Crippen molar-refractivity contribution in [2.75, 3.05) is 19.5 Å². The molecule has 1 heterocycles. The molecule has 0 unspecified atom stereocenters. The van der Waals surface area contributed by atoms with Crippen LogP contribution in [0.25, 0.3) is 0 Å². The van der Waals surface area contributed by atoms with E-state index in [0.29, 0.717) is 13.2 Å². The Morgan fingerprint density at radius 1 is 1.50 bits per heavy atom. The van der Waals surface area contributed by atoms with Crippen LogP contribution in [-0.4, -0.2) is 33.1 Å². The van der Waals surface area contributed by atoms with E-state index < -0.39 is 10.1 Å². The van der Waals surface area contributed by atoms with Crippen LogP contribution in [0, 0.1) is 5.92 Å². The maximum absolute atomic E-state index is 10.6. The van der Waals surface area contributed by atoms with Crippen molar-refractivity contribution < 1.29 is 17.4 Å². The average Bonchev–Trinajstić information content (AvgIpc) is 2.14. The van der Waals surface area contributed by atoms with Gasteiger partial charge in [0.25, 0.3) is 0 Å². The highest BCUT2D eigenvalue weighted by atomic mass is 35.5. The highest BCUT2D eigenvalue weighted by Gasteiger charge is 2.19. The van der Waals surface area contributed by atoms with Crippen LogP contribution < -0.4 is 0 Å². The monoisotopic (exact) mass is 241 g/mol. The second kappa shape index (κ2) is 4.95. The lowest BCUT2D eigenvalue weighted by Crippen LogP contribution is -2.20. The van der Waals surface area contributed by atoms with Gasteiger partial charge in [0.2, 0.25) is 0 Å². The zero-order chi connectivity index (χ0) is 10.6. The molecule has 0 atom stereocenters. The summed E-state index contributed by atoms with van der Waals surface area (Å²) in [6.45, 7) is 1.24. The Balaban J connectivity index is 2.50. The van der Waals surface area contributed by atoms with Crippen LogP contribution in [0.1, 0.15) is 12.8 Å². The van der Waals surface area contributed by atoms with Crippen LogP contribution in [0.2, 0.25) is 0 Å². The van der Waals surface area contributed by atoms with Crippen molar-refractivity contribution in [2.45, 2.75) is 12.8 Å². The normalized spacial score (nSPS) is 20.9. The predicted molar refractivity (Wildman–Crippen MR) is 52.8 cm³/mol. The number of halogens is 1. The first kappa shape index (κ1) is 11.7. The third-order valence-corrected chi connectivity index (χ3v) is 2.54. The fourth-order valence-corrected chi connectivity index (χ4v) is 1.62. The van der Waals surface area contributed by atoms with Gasteiger partial charge in [-0.25, -0.2) is 0 Å². The highest BCUT2D eigenvalue weighted by molar-refractivity contribution is 7.85. The van der Waals surface area contributed by atoms with E-state index in [1.807, 2.05) is 0 Å². The van der Waals surface area contributed by atoms with Gasteiger partial charge in [-0.1, -0.05) is 16.8 Å². The molecule has 1 rings (SSSR count). The molecule has 0 aromatic carbocycles. The molecule has 0 aliphatic carbocycles. The summed E-state index contributed by atoms with van der Waals surface area (Å²) in [5.41, 5.74) is 0. The Labute approximate surface area is 88.1 Å². The summed E-state index contributed by atoms with van der Waals surface area (Å²) in [4.78, 5) is 0. The average molecular weight is 242 g/mol. The van der Waals surface area contributed by atoms with Gasteiger partial charge in [-0.3, -0.25) is 4.28 Å². The van der Waals surface area contributed by atoms with Gasteiger partial charge in [0.15, 0.2) is 0 Å². The topological polar surface area (TPSA) is 65.0 Å². The quantitative estimate of drug-likeness (QED) is 0.545. The van der Waals surface area contributed by atoms with Crippen molar-refractivity contribution in [3.05, 3.63) is 0 Å². The van der Waals surface area contributed by atoms with E-state index in [1.165, 1.54) is 0 Å². The van der Waals surface area contributed by atoms with Gasteiger partial charge in [-0.2, -0.15) is 8.42 Å². The van der Waals surface area contributed by atoms with Crippen molar-refractivity contribution in [1.82, 2.24) is 0 Å². The van der Waals surface area contributed by atoms with Crippen LogP contribution in [0.3, 0.4) is 0 Å². The largest absolute Gasteiger partial charge is 0.381 e. The maximum atomic E-state index is 10.6. The maximum Gasteiger partial charge on any atom is 0.325 e. The number of ether oxygens (including phenoxy) is 1. The van der Waals surface area contributed by atoms with E-state index in [9.17, 15) is 8.42 Å². The summed E-state index contributed by atoms with van der Waals surface area (Å²) in [6.07, 6.45) is 2.41. The minimum Gasteiger partial charge on any atom is -0.381 e. The molecule has 0 amide bonds. The summed E-state index contributed by atoms with van der Waals surface area (Å²) in [6, 6.07) is 0. The Bertz CT molecular complexity index is 308. The highest BCUT2D eigenvalue weighted by Crippen LogP contribution is 2.18. The van der Waals surface area contributed by atoms with Crippen molar-refractivity contribution in [3.63, 3.8) is 0 Å². The lowest BCUT2D eigenvalue weighted by Gasteiger charge is -2.19. The van der Waals surface area contributed by atoms with Gasteiger partial charge in [0.05, 0.1) is 6.26 Å². The summed E-state index contributed by atoms with van der Waals surface area (Å²) in [7, 11) is -3.56. The zero-order valence-electron chi connectivity index (χ0n) is 7.77. The number of rotatable bonds is 3. The molecule has 7 heteroatoms. The molecule has 0 N–H and O–H groups in total. The Morgan fingerprint density at radius 3 is 2.57 bits per heavy atom. The van der Waals surface area contributed by atoms with Crippen molar-refractivity contribution in [3.8, 4) is 0 Å². The van der Waals surface area contributed by atoms with Gasteiger partial charge in [0, 0.05) is 19.1 Å². The molecule has 0 saturated carbocycles. The van der Waals surface area contributed by atoms with Crippen LogP contribution in [0.4, 0.5) is 0 Å². The first-order valence-corrected chi connectivity index (χ1v) is 6.38. The van der Waals surface area contributed by atoms with E-state index in [4.69, 9.17) is 16.3 Å². The number of nitrogens with zero attached hydrogens (tertiary/aromatic N) is 1. The lowest BCUT2D eigenvalue weighted by atomic mass is 10.0. The minimum absolute atomic E-state index is 0.0483. The smallest absolute Gasteiger partial charge is 0.325 e. The fraction of sp³-hybridized carbons (Fsp3) is 0.857. The molecular weight excluding hydrogens is 230 g/mol. The van der Waals surface area contributed by atoms with E-state index in [1.54, 1.807) is 0 Å². The molecule has 82 valence electrons. The Morgan fingerprint density at radius 2 is 2.07 bits per heavy atom. The molecule has 0 bridgehead atoms. The summed E-state index contributed by atoms with van der Waals surface area (Å²) in [5, 5.41) is 3.55. The van der Waals surface area contributed by atoms with Gasteiger partial charge >= 0.3 is 10.1 Å². The van der Waals surface area contributed by atoms with Crippen molar-refractivity contribution >= 4 is 26.9 Å². The van der Waals surface area contributed by atoms with E-state index in [-0.39, 0.29) is 11.1 Å². The molecule has 14 heavy (non-hydrogen) atoms. The molecule has 1 saturated heterocycles. The van der Waals surface area contributed by atoms with Crippen molar-refractivity contribution in [1.29, 1.82) is 0 Å². The second-order valence-corrected chi connectivity index (χ2v) is 5.02. The second-order valence-electron chi connectivity index (χ2n) is 3.08. The molecule has 0 radical (unpaired) electrons. The summed E-state index contributed by atoms with van der Waals surface area (Å²) in [5.74, 6) is 0.0483. The van der Waals surface area contributed by atoms with Gasteiger partial charge in [-0.05, 0) is 12.8 Å². The van der Waals surface area contributed by atoms with E-state index >= 15 is 0 Å². The zero-order valence-corrected chi connectivity index (χ0v) is 9.34. The van der Waals surface area contributed by atoms with Crippen LogP contribution in [0.5, 0.6) is 0 Å². The van der Waals surface area contributed by atoms with E-state index in [0.717, 1.165) is 19.1 Å². The molecule has 1 fully saturated rings. The van der Waals surface area contributed by atoms with Gasteiger partial charge in [0.1, 0.15) is 5.17 Å². The van der Waals surface area contributed by atoms with E-state index in [2.05, 4.69) is 9.44 Å². The first-order chi connectivity index (χ1) is 6.49. The standard InChI is InChI=1S/C7H12ClNO4S/c1-14(10,11)13-9-7(8)6-2-4-12-5-3-6/h6H,2-5H2,1H3/b9-7-. The molecule has 0 aromatic heterocycles. The molecule has 1 aliphatic heterocycles. The van der Waals surface area contributed by atoms with Crippen LogP contribution >= 0.6 is 11.6 Å². The number of oxime groups is 1. The summed E-state index contributed by atoms with van der Waals surface area (Å²) < 4.78 is 30.6. The minimum atomic E-state index is -3.56. The predicted octanol–water partition coefficient (Wildman–Crippen LogP) is 0.942. The van der Waals surface area contributed by atoms with Crippen LogP contribution in [-0.2, 0) is 19.1 Å². The third kappa shape index (κ3) is 4.26. The molecule has 5 nitrogen and oxygen atoms in total. The number of hydrogen-bond acceptors (Lipinski definition) is 5. The molecule has 1 aliphatic rings.